The molecule has 1 atom stereocenters. The Morgan fingerprint density at radius 3 is 2.71 bits per heavy atom. The molecule has 0 fully saturated rings. The number of carbonyl (C=O) groups is 2. The maximum absolute atomic E-state index is 13.2. The molecule has 0 bridgehead atoms. The minimum atomic E-state index is -0.502. The molecule has 0 saturated heterocycles. The lowest BCUT2D eigenvalue weighted by Crippen LogP contribution is -2.47. The first-order valence-corrected chi connectivity index (χ1v) is 10.6. The Kier molecular flexibility index (Phi) is 6.07. The summed E-state index contributed by atoms with van der Waals surface area (Å²) in [6, 6.07) is 16.8. The number of carbonyl (C=O) groups excluding carboxylic acids is 2. The second kappa shape index (κ2) is 9.08. The van der Waals surface area contributed by atoms with Crippen molar-refractivity contribution in [3.8, 4) is 5.75 Å². The van der Waals surface area contributed by atoms with Gasteiger partial charge in [-0.25, -0.2) is 4.79 Å². The zero-order valence-corrected chi connectivity index (χ0v) is 17.7. The van der Waals surface area contributed by atoms with Crippen molar-refractivity contribution in [1.29, 1.82) is 0 Å². The molecule has 31 heavy (non-hydrogen) atoms. The van der Waals surface area contributed by atoms with Gasteiger partial charge in [-0.15, -0.1) is 6.58 Å². The second-order valence-corrected chi connectivity index (χ2v) is 7.72. The number of urea groups is 1. The summed E-state index contributed by atoms with van der Waals surface area (Å²) in [7, 11) is 0. The summed E-state index contributed by atoms with van der Waals surface area (Å²) in [5.41, 5.74) is 3.30. The van der Waals surface area contributed by atoms with Gasteiger partial charge >= 0.3 is 6.03 Å². The molecule has 6 heteroatoms. The van der Waals surface area contributed by atoms with Gasteiger partial charge in [-0.3, -0.25) is 9.69 Å². The van der Waals surface area contributed by atoms with Crippen LogP contribution in [-0.2, 0) is 11.4 Å². The van der Waals surface area contributed by atoms with Gasteiger partial charge in [0.25, 0.3) is 5.91 Å². The molecule has 2 aliphatic rings. The predicted octanol–water partition coefficient (Wildman–Crippen LogP) is 4.02. The van der Waals surface area contributed by atoms with Crippen molar-refractivity contribution in [1.82, 2.24) is 15.1 Å². The Labute approximate surface area is 182 Å². The van der Waals surface area contributed by atoms with E-state index in [1.54, 1.807) is 11.0 Å². The minimum absolute atomic E-state index is 0.0217. The van der Waals surface area contributed by atoms with Crippen molar-refractivity contribution in [3.63, 3.8) is 0 Å². The first kappa shape index (κ1) is 20.7. The molecule has 1 N–H and O–H groups in total. The zero-order valence-electron chi connectivity index (χ0n) is 17.7. The molecule has 0 saturated carbocycles. The van der Waals surface area contributed by atoms with Crippen LogP contribution in [0, 0.1) is 0 Å². The van der Waals surface area contributed by atoms with Crippen LogP contribution in [0.4, 0.5) is 4.79 Å². The lowest BCUT2D eigenvalue weighted by molar-refractivity contribution is -0.125. The number of ether oxygens (including phenoxy) is 1. The molecule has 6 nitrogen and oxygen atoms in total. The Balaban J connectivity index is 1.63. The zero-order chi connectivity index (χ0) is 21.8. The van der Waals surface area contributed by atoms with Crippen LogP contribution in [-0.4, -0.2) is 41.4 Å². The molecular weight excluding hydrogens is 390 g/mol. The highest BCUT2D eigenvalue weighted by Crippen LogP contribution is 2.37. The van der Waals surface area contributed by atoms with Gasteiger partial charge in [0, 0.05) is 13.1 Å². The smallest absolute Gasteiger partial charge is 0.322 e. The molecule has 2 heterocycles. The van der Waals surface area contributed by atoms with E-state index in [9.17, 15) is 9.59 Å². The Bertz CT molecular complexity index is 1020. The van der Waals surface area contributed by atoms with E-state index >= 15 is 0 Å². The monoisotopic (exact) mass is 417 g/mol. The van der Waals surface area contributed by atoms with Crippen molar-refractivity contribution >= 4 is 11.9 Å². The SMILES string of the molecule is C=CCN1C(=O)NC(c2cccc(OCc3ccccc3)c2)C2=C1CN(CCC)C2=O. The maximum Gasteiger partial charge on any atom is 0.322 e. The summed E-state index contributed by atoms with van der Waals surface area (Å²) in [6.07, 6.45) is 2.54. The van der Waals surface area contributed by atoms with E-state index in [4.69, 9.17) is 4.74 Å². The van der Waals surface area contributed by atoms with Crippen LogP contribution >= 0.6 is 0 Å². The highest BCUT2D eigenvalue weighted by Gasteiger charge is 2.43. The van der Waals surface area contributed by atoms with Crippen molar-refractivity contribution in [3.05, 3.63) is 89.6 Å². The maximum atomic E-state index is 13.2. The molecule has 2 aliphatic heterocycles. The molecule has 4 rings (SSSR count). The van der Waals surface area contributed by atoms with Crippen LogP contribution in [0.1, 0.15) is 30.5 Å². The van der Waals surface area contributed by atoms with Gasteiger partial charge in [0.2, 0.25) is 0 Å². The number of amides is 3. The number of hydrogen-bond donors (Lipinski definition) is 1. The standard InChI is InChI=1S/C25H27N3O3/c1-3-13-27-16-21-22(24(27)29)23(26-25(30)28(21)14-4-2)19-11-8-12-20(15-19)31-17-18-9-6-5-7-10-18/h4-12,15,23H,2-3,13-14,16-17H2,1H3,(H,26,30). The Morgan fingerprint density at radius 1 is 1.16 bits per heavy atom. The minimum Gasteiger partial charge on any atom is -0.489 e. The molecule has 0 aliphatic carbocycles. The number of rotatable bonds is 8. The van der Waals surface area contributed by atoms with E-state index < -0.39 is 6.04 Å². The number of hydrogen-bond acceptors (Lipinski definition) is 3. The van der Waals surface area contributed by atoms with Gasteiger partial charge in [0.15, 0.2) is 0 Å². The van der Waals surface area contributed by atoms with Crippen molar-refractivity contribution < 1.29 is 14.3 Å². The van der Waals surface area contributed by atoms with E-state index in [1.807, 2.05) is 66.4 Å². The van der Waals surface area contributed by atoms with Crippen molar-refractivity contribution in [2.75, 3.05) is 19.6 Å². The largest absolute Gasteiger partial charge is 0.489 e. The van der Waals surface area contributed by atoms with E-state index in [0.717, 1.165) is 23.2 Å². The molecule has 160 valence electrons. The second-order valence-electron chi connectivity index (χ2n) is 7.72. The van der Waals surface area contributed by atoms with E-state index in [2.05, 4.69) is 11.9 Å². The predicted molar refractivity (Wildman–Crippen MR) is 119 cm³/mol. The molecule has 0 radical (unpaired) electrons. The third-order valence-corrected chi connectivity index (χ3v) is 5.54. The van der Waals surface area contributed by atoms with Crippen LogP contribution in [0.2, 0.25) is 0 Å². The first-order valence-electron chi connectivity index (χ1n) is 10.6. The molecule has 2 aromatic carbocycles. The van der Waals surface area contributed by atoms with Crippen LogP contribution in [0.5, 0.6) is 5.75 Å². The average Bonchev–Trinajstić information content (AvgIpc) is 3.11. The van der Waals surface area contributed by atoms with Crippen molar-refractivity contribution in [2.24, 2.45) is 0 Å². The third kappa shape index (κ3) is 4.19. The van der Waals surface area contributed by atoms with Crippen molar-refractivity contribution in [2.45, 2.75) is 26.0 Å². The average molecular weight is 418 g/mol. The summed E-state index contributed by atoms with van der Waals surface area (Å²) >= 11 is 0. The molecular formula is C25H27N3O3. The van der Waals surface area contributed by atoms with Gasteiger partial charge < -0.3 is 15.0 Å². The van der Waals surface area contributed by atoms with Gasteiger partial charge in [0.05, 0.1) is 23.9 Å². The highest BCUT2D eigenvalue weighted by atomic mass is 16.5. The molecule has 0 aromatic heterocycles. The van der Waals surface area contributed by atoms with Gasteiger partial charge in [-0.1, -0.05) is 55.5 Å². The third-order valence-electron chi connectivity index (χ3n) is 5.54. The van der Waals surface area contributed by atoms with E-state index in [-0.39, 0.29) is 11.9 Å². The summed E-state index contributed by atoms with van der Waals surface area (Å²) < 4.78 is 5.96. The summed E-state index contributed by atoms with van der Waals surface area (Å²) in [4.78, 5) is 29.5. The fraction of sp³-hybridized carbons (Fsp3) is 0.280. The number of nitrogens with one attached hydrogen (secondary N) is 1. The summed E-state index contributed by atoms with van der Waals surface area (Å²) in [5, 5.41) is 3.01. The van der Waals surface area contributed by atoms with E-state index in [0.29, 0.717) is 37.6 Å². The molecule has 3 amide bonds. The molecule has 0 spiro atoms. The number of benzene rings is 2. The summed E-state index contributed by atoms with van der Waals surface area (Å²) in [6.45, 7) is 7.72. The lowest BCUT2D eigenvalue weighted by Gasteiger charge is -2.33. The van der Waals surface area contributed by atoms with Crippen LogP contribution < -0.4 is 10.1 Å². The summed E-state index contributed by atoms with van der Waals surface area (Å²) in [5.74, 6) is 0.675. The number of nitrogens with zero attached hydrogens (tertiary/aromatic N) is 2. The lowest BCUT2D eigenvalue weighted by atomic mass is 9.95. The fourth-order valence-electron chi connectivity index (χ4n) is 4.10. The Hall–Kier alpha value is -3.54. The van der Waals surface area contributed by atoms with Gasteiger partial charge in [-0.2, -0.15) is 0 Å². The van der Waals surface area contributed by atoms with E-state index in [1.165, 1.54) is 0 Å². The van der Waals surface area contributed by atoms with Gasteiger partial charge in [0.1, 0.15) is 12.4 Å². The van der Waals surface area contributed by atoms with Crippen LogP contribution in [0.25, 0.3) is 0 Å². The quantitative estimate of drug-likeness (QED) is 0.660. The Morgan fingerprint density at radius 2 is 1.97 bits per heavy atom. The highest BCUT2D eigenvalue weighted by molar-refractivity contribution is 6.01. The molecule has 1 unspecified atom stereocenters. The fourth-order valence-corrected chi connectivity index (χ4v) is 4.10. The van der Waals surface area contributed by atoms with Gasteiger partial charge in [-0.05, 0) is 29.7 Å². The topological polar surface area (TPSA) is 61.9 Å². The molecule has 2 aromatic rings. The van der Waals surface area contributed by atoms with Crippen LogP contribution in [0.15, 0.2) is 78.5 Å². The van der Waals surface area contributed by atoms with Crippen LogP contribution in [0.3, 0.4) is 0 Å². The normalized spacial score (nSPS) is 18.2. The first-order chi connectivity index (χ1) is 15.1.